The molecule has 158 valence electrons. The SMILES string of the molecule is CC(C)(C)n1ncc2c(=O)[nH]c(N3CCN(C(=O)c4ccc(F)cc4F)CC3)nc21. The number of fused-ring (bicyclic) bond motifs is 1. The fraction of sp³-hybridized carbons (Fsp3) is 0.400. The van der Waals surface area contributed by atoms with Crippen LogP contribution in [0.4, 0.5) is 14.7 Å². The Morgan fingerprint density at radius 1 is 1.13 bits per heavy atom. The van der Waals surface area contributed by atoms with Crippen molar-refractivity contribution >= 4 is 22.9 Å². The number of piperazine rings is 1. The molecule has 8 nitrogen and oxygen atoms in total. The fourth-order valence-corrected chi connectivity index (χ4v) is 3.50. The van der Waals surface area contributed by atoms with Crippen molar-refractivity contribution in [3.05, 3.63) is 51.9 Å². The van der Waals surface area contributed by atoms with Crippen molar-refractivity contribution in [2.24, 2.45) is 0 Å². The minimum Gasteiger partial charge on any atom is -0.339 e. The summed E-state index contributed by atoms with van der Waals surface area (Å²) >= 11 is 0. The largest absolute Gasteiger partial charge is 0.339 e. The molecule has 1 fully saturated rings. The first-order valence-electron chi connectivity index (χ1n) is 9.63. The lowest BCUT2D eigenvalue weighted by molar-refractivity contribution is 0.0741. The molecule has 0 unspecified atom stereocenters. The second-order valence-electron chi connectivity index (χ2n) is 8.26. The van der Waals surface area contributed by atoms with Gasteiger partial charge in [0.25, 0.3) is 11.5 Å². The van der Waals surface area contributed by atoms with Crippen LogP contribution in [-0.2, 0) is 5.54 Å². The third-order valence-corrected chi connectivity index (χ3v) is 5.09. The zero-order chi connectivity index (χ0) is 21.6. The lowest BCUT2D eigenvalue weighted by Gasteiger charge is -2.35. The molecule has 0 atom stereocenters. The summed E-state index contributed by atoms with van der Waals surface area (Å²) in [5, 5.41) is 4.71. The number of benzene rings is 1. The van der Waals surface area contributed by atoms with Crippen molar-refractivity contribution in [2.75, 3.05) is 31.1 Å². The lowest BCUT2D eigenvalue weighted by Crippen LogP contribution is -2.49. The van der Waals surface area contributed by atoms with Gasteiger partial charge in [-0.2, -0.15) is 10.1 Å². The molecule has 0 aliphatic carbocycles. The van der Waals surface area contributed by atoms with E-state index in [-0.39, 0.29) is 16.7 Å². The van der Waals surface area contributed by atoms with E-state index in [0.29, 0.717) is 49.2 Å². The topological polar surface area (TPSA) is 87.1 Å². The molecule has 1 aromatic carbocycles. The van der Waals surface area contributed by atoms with Crippen molar-refractivity contribution in [3.63, 3.8) is 0 Å². The Labute approximate surface area is 171 Å². The number of nitrogens with one attached hydrogen (secondary N) is 1. The van der Waals surface area contributed by atoms with E-state index in [0.717, 1.165) is 12.1 Å². The van der Waals surface area contributed by atoms with Crippen LogP contribution in [0.25, 0.3) is 11.0 Å². The van der Waals surface area contributed by atoms with E-state index < -0.39 is 17.5 Å². The number of hydrogen-bond acceptors (Lipinski definition) is 5. The van der Waals surface area contributed by atoms with Crippen LogP contribution in [0.1, 0.15) is 31.1 Å². The van der Waals surface area contributed by atoms with Gasteiger partial charge in [0, 0.05) is 32.2 Å². The second kappa shape index (κ2) is 7.19. The monoisotopic (exact) mass is 416 g/mol. The molecule has 2 aromatic heterocycles. The first-order valence-corrected chi connectivity index (χ1v) is 9.63. The first-order chi connectivity index (χ1) is 14.1. The Bertz CT molecular complexity index is 1170. The van der Waals surface area contributed by atoms with Crippen molar-refractivity contribution < 1.29 is 13.6 Å². The summed E-state index contributed by atoms with van der Waals surface area (Å²) < 4.78 is 28.7. The lowest BCUT2D eigenvalue weighted by atomic mass is 10.1. The van der Waals surface area contributed by atoms with Crippen LogP contribution < -0.4 is 10.5 Å². The van der Waals surface area contributed by atoms with Gasteiger partial charge in [-0.3, -0.25) is 14.6 Å². The quantitative estimate of drug-likeness (QED) is 0.692. The fourth-order valence-electron chi connectivity index (χ4n) is 3.50. The highest BCUT2D eigenvalue weighted by molar-refractivity contribution is 5.94. The third kappa shape index (κ3) is 3.53. The first kappa shape index (κ1) is 20.0. The predicted octanol–water partition coefficient (Wildman–Crippen LogP) is 2.12. The number of nitrogens with zero attached hydrogens (tertiary/aromatic N) is 5. The number of aromatic amines is 1. The number of rotatable bonds is 2. The zero-order valence-corrected chi connectivity index (χ0v) is 16.9. The van der Waals surface area contributed by atoms with Gasteiger partial charge in [0.05, 0.1) is 17.3 Å². The molecule has 0 saturated carbocycles. The van der Waals surface area contributed by atoms with E-state index in [1.165, 1.54) is 11.1 Å². The van der Waals surface area contributed by atoms with Gasteiger partial charge in [0.1, 0.15) is 17.0 Å². The van der Waals surface area contributed by atoms with Gasteiger partial charge in [-0.15, -0.1) is 0 Å². The Balaban J connectivity index is 1.55. The summed E-state index contributed by atoms with van der Waals surface area (Å²) in [7, 11) is 0. The minimum absolute atomic E-state index is 0.160. The molecule has 3 heterocycles. The maximum Gasteiger partial charge on any atom is 0.263 e. The highest BCUT2D eigenvalue weighted by Crippen LogP contribution is 2.21. The molecule has 10 heteroatoms. The summed E-state index contributed by atoms with van der Waals surface area (Å²) in [5.41, 5.74) is -0.290. The van der Waals surface area contributed by atoms with Gasteiger partial charge in [-0.05, 0) is 32.9 Å². The van der Waals surface area contributed by atoms with Crippen LogP contribution in [0.5, 0.6) is 0 Å². The molecule has 1 amide bonds. The Morgan fingerprint density at radius 3 is 2.47 bits per heavy atom. The van der Waals surface area contributed by atoms with E-state index in [2.05, 4.69) is 15.1 Å². The van der Waals surface area contributed by atoms with Crippen LogP contribution >= 0.6 is 0 Å². The normalized spacial score (nSPS) is 15.1. The van der Waals surface area contributed by atoms with Crippen LogP contribution in [0, 0.1) is 11.6 Å². The number of aromatic nitrogens is 4. The third-order valence-electron chi connectivity index (χ3n) is 5.09. The van der Waals surface area contributed by atoms with Crippen LogP contribution in [0.15, 0.2) is 29.2 Å². The number of carbonyl (C=O) groups excluding carboxylic acids is 1. The van der Waals surface area contributed by atoms with Gasteiger partial charge in [-0.1, -0.05) is 0 Å². The molecule has 30 heavy (non-hydrogen) atoms. The molecule has 0 radical (unpaired) electrons. The molecule has 3 aromatic rings. The van der Waals surface area contributed by atoms with E-state index in [9.17, 15) is 18.4 Å². The van der Waals surface area contributed by atoms with Crippen molar-refractivity contribution in [1.82, 2.24) is 24.6 Å². The highest BCUT2D eigenvalue weighted by atomic mass is 19.1. The van der Waals surface area contributed by atoms with Gasteiger partial charge < -0.3 is 9.80 Å². The average molecular weight is 416 g/mol. The van der Waals surface area contributed by atoms with Crippen LogP contribution in [-0.4, -0.2) is 56.7 Å². The number of H-pyrrole nitrogens is 1. The molecular formula is C20H22F2N6O2. The predicted molar refractivity (Wildman–Crippen MR) is 108 cm³/mol. The number of hydrogen-bond donors (Lipinski definition) is 1. The number of anilines is 1. The smallest absolute Gasteiger partial charge is 0.263 e. The van der Waals surface area contributed by atoms with E-state index in [1.807, 2.05) is 25.7 Å². The minimum atomic E-state index is -0.880. The number of halogens is 2. The van der Waals surface area contributed by atoms with E-state index in [4.69, 9.17) is 0 Å². The molecule has 1 saturated heterocycles. The van der Waals surface area contributed by atoms with Crippen LogP contribution in [0.2, 0.25) is 0 Å². The van der Waals surface area contributed by atoms with Crippen molar-refractivity contribution in [2.45, 2.75) is 26.3 Å². The summed E-state index contributed by atoms with van der Waals surface area (Å²) in [4.78, 5) is 35.8. The molecule has 1 N–H and O–H groups in total. The number of carbonyl (C=O) groups is 1. The Kier molecular flexibility index (Phi) is 4.79. The summed E-state index contributed by atoms with van der Waals surface area (Å²) in [5.74, 6) is -1.70. The molecule has 1 aliphatic rings. The maximum absolute atomic E-state index is 13.9. The average Bonchev–Trinajstić information content (AvgIpc) is 3.13. The van der Waals surface area contributed by atoms with Crippen LogP contribution in [0.3, 0.4) is 0 Å². The standard InChI is InChI=1S/C20H22F2N6O2/c1-20(2,3)28-16-14(11-23-28)17(29)25-19(24-16)27-8-6-26(7-9-27)18(30)13-5-4-12(21)10-15(13)22/h4-5,10-11H,6-9H2,1-3H3,(H,24,25,29). The summed E-state index contributed by atoms with van der Waals surface area (Å²) in [6, 6.07) is 2.92. The zero-order valence-electron chi connectivity index (χ0n) is 16.9. The Hall–Kier alpha value is -3.30. The summed E-state index contributed by atoms with van der Waals surface area (Å²) in [6.45, 7) is 7.37. The highest BCUT2D eigenvalue weighted by Gasteiger charge is 2.26. The van der Waals surface area contributed by atoms with Gasteiger partial charge in [0.15, 0.2) is 5.65 Å². The van der Waals surface area contributed by atoms with E-state index >= 15 is 0 Å². The molecule has 1 aliphatic heterocycles. The Morgan fingerprint density at radius 2 is 1.83 bits per heavy atom. The second-order valence-corrected chi connectivity index (χ2v) is 8.26. The molecule has 0 bridgehead atoms. The number of amides is 1. The van der Waals surface area contributed by atoms with Crippen molar-refractivity contribution in [1.29, 1.82) is 0 Å². The van der Waals surface area contributed by atoms with Gasteiger partial charge in [0.2, 0.25) is 5.95 Å². The molecular weight excluding hydrogens is 394 g/mol. The maximum atomic E-state index is 13.9. The van der Waals surface area contributed by atoms with Gasteiger partial charge >= 0.3 is 0 Å². The molecule has 4 rings (SSSR count). The van der Waals surface area contributed by atoms with Crippen molar-refractivity contribution in [3.8, 4) is 0 Å². The van der Waals surface area contributed by atoms with Gasteiger partial charge in [-0.25, -0.2) is 13.5 Å². The molecule has 0 spiro atoms. The van der Waals surface area contributed by atoms with E-state index in [1.54, 1.807) is 4.68 Å². The summed E-state index contributed by atoms with van der Waals surface area (Å²) in [6.07, 6.45) is 1.50.